The maximum Gasteiger partial charge on any atom is 0.258 e. The Morgan fingerprint density at radius 3 is 0.988 bits per heavy atom. The number of carbonyl (C=O) groups excluding carboxylic acids is 2. The summed E-state index contributed by atoms with van der Waals surface area (Å²) in [5.74, 6) is -71.5. The number of halogens is 20. The summed E-state index contributed by atoms with van der Waals surface area (Å²) in [6.45, 7) is 0.0785. The second-order valence-corrected chi connectivity index (χ2v) is 17.5. The van der Waals surface area contributed by atoms with Gasteiger partial charge in [-0.25, -0.2) is 87.8 Å². The Morgan fingerprint density at radius 1 is 0.325 bits per heavy atom. The van der Waals surface area contributed by atoms with Crippen LogP contribution >= 0.6 is 0 Å². The molecule has 24 heteroatoms. The number of carbonyl (C=O) groups is 2. The van der Waals surface area contributed by atoms with Gasteiger partial charge in [0, 0.05) is 28.6 Å². The van der Waals surface area contributed by atoms with E-state index in [0.29, 0.717) is 16.8 Å². The molecule has 0 bridgehead atoms. The van der Waals surface area contributed by atoms with Crippen molar-refractivity contribution in [2.45, 2.75) is 6.54 Å². The lowest BCUT2D eigenvalue weighted by atomic mass is 9.12. The lowest BCUT2D eigenvalue weighted by Crippen LogP contribution is -2.81. The van der Waals surface area contributed by atoms with Crippen molar-refractivity contribution in [1.29, 1.82) is 0 Å². The van der Waals surface area contributed by atoms with Gasteiger partial charge in [-0.15, -0.1) is 21.9 Å². The van der Waals surface area contributed by atoms with Gasteiger partial charge >= 0.3 is 0 Å². The van der Waals surface area contributed by atoms with Crippen LogP contribution in [0.1, 0.15) is 26.4 Å². The van der Waals surface area contributed by atoms with Crippen molar-refractivity contribution in [2.75, 3.05) is 0 Å². The average Bonchev–Trinajstić information content (AvgIpc) is 3.53. The molecule has 9 aromatic carbocycles. The van der Waals surface area contributed by atoms with Gasteiger partial charge in [-0.05, 0) is 39.7 Å². The Balaban J connectivity index is 0.000000199. The Hall–Kier alpha value is -9.09. The highest BCUT2D eigenvalue weighted by molar-refractivity contribution is 7.20. The average molecular weight is 1130 g/mol. The molecule has 10 aromatic rings. The van der Waals surface area contributed by atoms with E-state index >= 15 is 35.1 Å². The third-order valence-electron chi connectivity index (χ3n) is 13.3. The van der Waals surface area contributed by atoms with Crippen molar-refractivity contribution in [1.82, 2.24) is 0 Å². The fourth-order valence-electron chi connectivity index (χ4n) is 9.75. The van der Waals surface area contributed by atoms with E-state index in [1.807, 2.05) is 120 Å². The van der Waals surface area contributed by atoms with Crippen LogP contribution in [0.3, 0.4) is 0 Å². The molecular formula is C56H22BF20NO2. The molecule has 0 saturated heterocycles. The molecule has 0 atom stereocenters. The summed E-state index contributed by atoms with van der Waals surface area (Å²) in [6, 6.07) is 39.0. The number of benzene rings is 9. The lowest BCUT2D eigenvalue weighted by molar-refractivity contribution is -0.658. The molecule has 80 heavy (non-hydrogen) atoms. The predicted molar refractivity (Wildman–Crippen MR) is 249 cm³/mol. The maximum atomic E-state index is 15.4. The van der Waals surface area contributed by atoms with Gasteiger partial charge in [-0.2, -0.15) is 4.57 Å². The Labute approximate surface area is 434 Å². The van der Waals surface area contributed by atoms with E-state index in [0.717, 1.165) is 32.4 Å². The first-order valence-corrected chi connectivity index (χ1v) is 22.6. The molecule has 0 N–H and O–H groups in total. The van der Waals surface area contributed by atoms with Crippen LogP contribution in [0.15, 0.2) is 121 Å². The number of Topliss-reactive ketones (excluding diaryl/α,β-unsaturated/α-hetero) is 1. The van der Waals surface area contributed by atoms with E-state index in [1.54, 1.807) is 0 Å². The number of fused-ring (bicyclic) bond motifs is 3. The molecule has 0 aliphatic rings. The van der Waals surface area contributed by atoms with Crippen molar-refractivity contribution in [3.63, 3.8) is 0 Å². The lowest BCUT2D eigenvalue weighted by Gasteiger charge is -2.44. The molecule has 0 radical (unpaired) electrons. The fourth-order valence-corrected chi connectivity index (χ4v) is 9.75. The first kappa shape index (κ1) is 55.7. The molecule has 0 aliphatic carbocycles. The summed E-state index contributed by atoms with van der Waals surface area (Å²) in [5, 5.41) is 4.83. The van der Waals surface area contributed by atoms with Crippen molar-refractivity contribution in [3.05, 3.63) is 254 Å². The van der Waals surface area contributed by atoms with Gasteiger partial charge in [-0.1, -0.05) is 91.0 Å². The molecule has 0 amide bonds. The number of ketones is 2. The van der Waals surface area contributed by atoms with Crippen LogP contribution in [-0.2, 0) is 6.54 Å². The van der Waals surface area contributed by atoms with Gasteiger partial charge in [0.25, 0.3) is 11.5 Å². The number of rotatable bonds is 9. The summed E-state index contributed by atoms with van der Waals surface area (Å²) in [6.07, 6.45) is -7.22. The number of para-hydroxylation sites is 1. The molecular weight excluding hydrogens is 1110 g/mol. The van der Waals surface area contributed by atoms with Crippen LogP contribution < -0.4 is 26.4 Å². The highest BCUT2D eigenvalue weighted by atomic mass is 19.2. The maximum absolute atomic E-state index is 15.4. The van der Waals surface area contributed by atoms with Gasteiger partial charge in [0.1, 0.15) is 52.7 Å². The molecule has 0 saturated carbocycles. The zero-order valence-electron chi connectivity index (χ0n) is 39.2. The van der Waals surface area contributed by atoms with Crippen LogP contribution in [0.5, 0.6) is 0 Å². The van der Waals surface area contributed by atoms with Crippen LogP contribution in [0, 0.1) is 116 Å². The molecule has 10 rings (SSSR count). The number of pyridine rings is 1. The van der Waals surface area contributed by atoms with Crippen LogP contribution in [0.4, 0.5) is 87.8 Å². The summed E-state index contributed by atoms with van der Waals surface area (Å²) < 4.78 is 296. The van der Waals surface area contributed by atoms with E-state index in [1.165, 1.54) is 0 Å². The SMILES string of the molecule is Fc1c(F)c(F)c([B-](c2c(F)c(F)c(F)c(F)c2F)(c2c(F)c(F)c(F)c(F)c2F)c2c(F)c(F)c(F)c(F)c2F)c(F)c1F.O=C(C[n+]1c(C(=O)c2c3ccccc3cc3ccccc23)ccc2ccccc21)c1ccccc1. The van der Waals surface area contributed by atoms with Gasteiger partial charge in [0.15, 0.2) is 69.8 Å². The Bertz CT molecular complexity index is 3840. The molecule has 1 aromatic heterocycles. The van der Waals surface area contributed by atoms with Gasteiger partial charge in [0.2, 0.25) is 17.8 Å². The minimum atomic E-state index is -7.22. The minimum absolute atomic E-state index is 0.0382. The van der Waals surface area contributed by atoms with E-state index in [-0.39, 0.29) is 18.1 Å². The van der Waals surface area contributed by atoms with E-state index in [4.69, 9.17) is 0 Å². The highest BCUT2D eigenvalue weighted by Crippen LogP contribution is 2.33. The molecule has 3 nitrogen and oxygen atoms in total. The zero-order chi connectivity index (χ0) is 58.1. The van der Waals surface area contributed by atoms with Crippen molar-refractivity contribution >= 4 is 72.0 Å². The van der Waals surface area contributed by atoms with Crippen LogP contribution in [-0.4, -0.2) is 17.7 Å². The second kappa shape index (κ2) is 20.9. The Morgan fingerprint density at radius 2 is 0.625 bits per heavy atom. The van der Waals surface area contributed by atoms with Crippen molar-refractivity contribution in [3.8, 4) is 0 Å². The van der Waals surface area contributed by atoms with Crippen molar-refractivity contribution < 1.29 is 102 Å². The number of hydrogen-bond donors (Lipinski definition) is 0. The molecule has 0 aliphatic heterocycles. The fraction of sp³-hybridized carbons (Fsp3) is 0.0179. The summed E-state index contributed by atoms with van der Waals surface area (Å²) in [7, 11) is 0. The monoisotopic (exact) mass is 1130 g/mol. The number of aromatic nitrogens is 1. The molecule has 0 fully saturated rings. The largest absolute Gasteiger partial charge is 0.287 e. The predicted octanol–water partition coefficient (Wildman–Crippen LogP) is 12.4. The first-order valence-electron chi connectivity index (χ1n) is 22.6. The van der Waals surface area contributed by atoms with Crippen molar-refractivity contribution in [2.24, 2.45) is 0 Å². The third-order valence-corrected chi connectivity index (χ3v) is 13.3. The highest BCUT2D eigenvalue weighted by Gasteiger charge is 2.52. The smallest absolute Gasteiger partial charge is 0.258 e. The van der Waals surface area contributed by atoms with Gasteiger partial charge in [0.05, 0.1) is 0 Å². The topological polar surface area (TPSA) is 38.0 Å². The standard InChI is InChI=1S/C32H22NO2.C24BF20/c34-30(23-11-2-1-3-12-23)21-33-28-17-9-6-10-22(28)18-19-29(33)32(35)31-26-15-7-4-13-24(26)20-25-14-5-8-16-27(25)31;26-5-1(6(27)14(35)21(42)13(5)34)25(2-7(28)15(36)22(43)16(37)8(2)29,3-9(30)17(38)23(44)18(39)10(3)31)4-11(32)19(40)24(45)20(41)12(4)33/h1-20H,21H2;/q+1;-1. The van der Waals surface area contributed by atoms with Gasteiger partial charge < -0.3 is 0 Å². The zero-order valence-corrected chi connectivity index (χ0v) is 39.2. The summed E-state index contributed by atoms with van der Waals surface area (Å²) in [5.41, 5.74) is -11.7. The molecule has 0 unspecified atom stereocenters. The normalized spacial score (nSPS) is 11.7. The van der Waals surface area contributed by atoms with E-state index in [2.05, 4.69) is 6.07 Å². The van der Waals surface area contributed by atoms with E-state index < -0.39 is 144 Å². The number of nitrogens with zero attached hydrogens (tertiary/aromatic N) is 1. The third kappa shape index (κ3) is 8.54. The van der Waals surface area contributed by atoms with Gasteiger partial charge in [-0.3, -0.25) is 9.59 Å². The molecule has 1 heterocycles. The Kier molecular flexibility index (Phi) is 14.6. The molecule has 0 spiro atoms. The second-order valence-electron chi connectivity index (χ2n) is 17.5. The quantitative estimate of drug-likeness (QED) is 0.0275. The summed E-state index contributed by atoms with van der Waals surface area (Å²) >= 11 is 0. The summed E-state index contributed by atoms with van der Waals surface area (Å²) in [4.78, 5) is 27.6. The first-order chi connectivity index (χ1) is 37.9. The molecule has 406 valence electrons. The van der Waals surface area contributed by atoms with Crippen LogP contribution in [0.2, 0.25) is 0 Å². The number of hydrogen-bond acceptors (Lipinski definition) is 2. The minimum Gasteiger partial charge on any atom is -0.287 e. The van der Waals surface area contributed by atoms with Crippen LogP contribution in [0.25, 0.3) is 32.4 Å². The van der Waals surface area contributed by atoms with E-state index in [9.17, 15) is 62.3 Å².